The van der Waals surface area contributed by atoms with E-state index in [9.17, 15) is 12.8 Å². The monoisotopic (exact) mass is 395 g/mol. The number of hydrogen-bond donors (Lipinski definition) is 2. The second-order valence-electron chi connectivity index (χ2n) is 4.42. The van der Waals surface area contributed by atoms with Gasteiger partial charge in [0.2, 0.25) is 0 Å². The Morgan fingerprint density at radius 2 is 1.57 bits per heavy atom. The maximum Gasteiger partial charge on any atom is 0.328 e. The van der Waals surface area contributed by atoms with Crippen LogP contribution in [0.3, 0.4) is 0 Å². The van der Waals surface area contributed by atoms with E-state index in [1.807, 2.05) is 0 Å². The van der Waals surface area contributed by atoms with Crippen LogP contribution in [0.2, 0.25) is 0 Å². The Kier molecular flexibility index (Phi) is 5.52. The lowest BCUT2D eigenvalue weighted by Crippen LogP contribution is -2.80. The lowest BCUT2D eigenvalue weighted by molar-refractivity contribution is -0.268. The van der Waals surface area contributed by atoms with Crippen LogP contribution in [0.15, 0.2) is 59.5 Å². The van der Waals surface area contributed by atoms with Crippen molar-refractivity contribution in [3.05, 3.63) is 60.4 Å². The fraction of sp³-hybridized carbons (Fsp3) is 0.0714. The van der Waals surface area contributed by atoms with E-state index in [-0.39, 0.29) is 10.7 Å². The summed E-state index contributed by atoms with van der Waals surface area (Å²) >= 11 is 17.4. The van der Waals surface area contributed by atoms with Gasteiger partial charge in [-0.15, -0.1) is 0 Å². The molecule has 0 radical (unpaired) electrons. The van der Waals surface area contributed by atoms with E-state index in [0.29, 0.717) is 5.69 Å². The Morgan fingerprint density at radius 1 is 1.00 bits per heavy atom. The van der Waals surface area contributed by atoms with Gasteiger partial charge in [0.15, 0.2) is 0 Å². The highest BCUT2D eigenvalue weighted by molar-refractivity contribution is 7.84. The van der Waals surface area contributed by atoms with E-state index in [1.165, 1.54) is 36.4 Å². The third kappa shape index (κ3) is 5.07. The molecule has 0 fully saturated rings. The topological polar surface area (TPSA) is 60.1 Å². The van der Waals surface area contributed by atoms with Gasteiger partial charge in [-0.3, -0.25) is 0 Å². The first-order valence-corrected chi connectivity index (χ1v) is 8.85. The zero-order valence-electron chi connectivity index (χ0n) is 11.4. The maximum absolute atomic E-state index is 12.9. The zero-order valence-corrected chi connectivity index (χ0v) is 14.5. The van der Waals surface area contributed by atoms with Crippen molar-refractivity contribution in [1.82, 2.24) is 0 Å². The number of benzene rings is 2. The van der Waals surface area contributed by atoms with Crippen molar-refractivity contribution in [2.45, 2.75) is 8.69 Å². The number of alkyl halides is 3. The number of rotatable bonds is 3. The van der Waals surface area contributed by atoms with Crippen molar-refractivity contribution in [2.24, 2.45) is 0 Å². The van der Waals surface area contributed by atoms with Crippen molar-refractivity contribution in [3.63, 3.8) is 0 Å². The van der Waals surface area contributed by atoms with E-state index in [2.05, 4.69) is 9.71 Å². The van der Waals surface area contributed by atoms with Crippen LogP contribution in [-0.4, -0.2) is 18.0 Å². The average molecular weight is 397 g/mol. The summed E-state index contributed by atoms with van der Waals surface area (Å²) in [5.41, 5.74) is 0.350. The summed E-state index contributed by atoms with van der Waals surface area (Å²) in [7, 11) is -3.95. The molecule has 2 N–H and O–H groups in total. The number of amidine groups is 1. The summed E-state index contributed by atoms with van der Waals surface area (Å²) < 4.78 is 37.7. The third-order valence-electron chi connectivity index (χ3n) is 2.69. The molecule has 0 aliphatic heterocycles. The predicted molar refractivity (Wildman–Crippen MR) is 89.9 cm³/mol. The standard InChI is InChI=1S/C14H10Cl3FN2O2S/c15-14(16,17)13(19-11-8-6-10(18)7-9-11)20-23(21,22)12-4-2-1-3-5-12/h1-9H,(H,19,20)/p+1. The highest BCUT2D eigenvalue weighted by Gasteiger charge is 2.37. The summed E-state index contributed by atoms with van der Waals surface area (Å²) in [6.07, 6.45) is 0. The van der Waals surface area contributed by atoms with Crippen LogP contribution >= 0.6 is 34.8 Å². The van der Waals surface area contributed by atoms with Crippen molar-refractivity contribution in [1.29, 1.82) is 0 Å². The summed E-state index contributed by atoms with van der Waals surface area (Å²) in [4.78, 5) is 0.00709. The van der Waals surface area contributed by atoms with Crippen LogP contribution < -0.4 is 9.71 Å². The van der Waals surface area contributed by atoms with E-state index in [4.69, 9.17) is 34.8 Å². The van der Waals surface area contributed by atoms with Gasteiger partial charge in [-0.2, -0.15) is 12.8 Å². The van der Waals surface area contributed by atoms with Crippen molar-refractivity contribution >= 4 is 56.3 Å². The number of sulfonamides is 1. The average Bonchev–Trinajstić information content (AvgIpc) is 2.48. The Bertz CT molecular complexity index is 804. The maximum atomic E-state index is 12.9. The number of hydrogen-bond acceptors (Lipinski definition) is 2. The second-order valence-corrected chi connectivity index (χ2v) is 8.39. The summed E-state index contributed by atoms with van der Waals surface area (Å²) in [6.45, 7) is 0. The van der Waals surface area contributed by atoms with Gasteiger partial charge in [0, 0.05) is 0 Å². The minimum absolute atomic E-state index is 0.00709. The van der Waals surface area contributed by atoms with Crippen LogP contribution in [0.4, 0.5) is 10.1 Å². The molecule has 0 amide bonds. The fourth-order valence-electron chi connectivity index (χ4n) is 1.62. The minimum atomic E-state index is -3.95. The van der Waals surface area contributed by atoms with Crippen LogP contribution in [-0.2, 0) is 10.0 Å². The molecule has 9 heteroatoms. The number of halogens is 4. The highest BCUT2D eigenvalue weighted by atomic mass is 35.6. The largest absolute Gasteiger partial charge is 0.328 e. The summed E-state index contributed by atoms with van der Waals surface area (Å²) in [5.74, 6) is -0.742. The lowest BCUT2D eigenvalue weighted by Gasteiger charge is -2.10. The van der Waals surface area contributed by atoms with Crippen LogP contribution in [0.25, 0.3) is 0 Å². The molecule has 122 valence electrons. The lowest BCUT2D eigenvalue weighted by atomic mass is 10.3. The van der Waals surface area contributed by atoms with Gasteiger partial charge in [0.1, 0.15) is 16.4 Å². The first-order valence-electron chi connectivity index (χ1n) is 6.23. The number of anilines is 1. The van der Waals surface area contributed by atoms with Gasteiger partial charge < -0.3 is 0 Å². The zero-order chi connectivity index (χ0) is 17.1. The molecule has 0 aromatic heterocycles. The molecule has 0 aliphatic carbocycles. The molecule has 0 saturated carbocycles. The molecule has 0 atom stereocenters. The first-order chi connectivity index (χ1) is 10.7. The smallest absolute Gasteiger partial charge is 0.240 e. The Labute approximate surface area is 147 Å². The van der Waals surface area contributed by atoms with Gasteiger partial charge in [0.05, 0.1) is 0 Å². The summed E-state index contributed by atoms with van der Waals surface area (Å²) in [6, 6.07) is 12.7. The Hall–Kier alpha value is -1.34. The molecule has 0 spiro atoms. The molecule has 0 unspecified atom stereocenters. The van der Waals surface area contributed by atoms with Crippen LogP contribution in [0, 0.1) is 5.82 Å². The normalized spacial score (nSPS) is 13.0. The van der Waals surface area contributed by atoms with E-state index >= 15 is 0 Å². The van der Waals surface area contributed by atoms with Crippen molar-refractivity contribution < 1.29 is 17.2 Å². The van der Waals surface area contributed by atoms with Crippen molar-refractivity contribution in [2.75, 3.05) is 5.32 Å². The van der Waals surface area contributed by atoms with Crippen LogP contribution in [0.5, 0.6) is 0 Å². The molecule has 2 rings (SSSR count). The van der Waals surface area contributed by atoms with Gasteiger partial charge in [-0.05, 0) is 36.4 Å². The SMILES string of the molecule is O=S(=O)([NH+]=C(Nc1ccc(F)cc1)C(Cl)(Cl)Cl)c1ccccc1. The molecule has 2 aromatic rings. The van der Waals surface area contributed by atoms with Gasteiger partial charge in [0.25, 0.3) is 3.79 Å². The summed E-state index contributed by atoms with van der Waals surface area (Å²) in [5, 5.41) is 2.64. The Balaban J connectivity index is 2.41. The molecular weight excluding hydrogens is 386 g/mol. The van der Waals surface area contributed by atoms with Gasteiger partial charge in [-0.25, -0.2) is 9.71 Å². The van der Waals surface area contributed by atoms with Gasteiger partial charge in [-0.1, -0.05) is 53.0 Å². The Morgan fingerprint density at radius 3 is 2.09 bits per heavy atom. The third-order valence-corrected chi connectivity index (χ3v) is 4.62. The molecule has 0 bridgehead atoms. The molecule has 0 aliphatic rings. The molecule has 2 aromatic carbocycles. The number of nitrogens with one attached hydrogen (secondary N) is 2. The molecule has 0 heterocycles. The van der Waals surface area contributed by atoms with Crippen molar-refractivity contribution in [3.8, 4) is 0 Å². The van der Waals surface area contributed by atoms with E-state index in [1.54, 1.807) is 18.2 Å². The molecular formula is C14H11Cl3FN2O2S+. The van der Waals surface area contributed by atoms with E-state index in [0.717, 1.165) is 0 Å². The second kappa shape index (κ2) is 7.05. The first kappa shape index (κ1) is 18.0. The fourth-order valence-corrected chi connectivity index (χ4v) is 3.18. The van der Waals surface area contributed by atoms with E-state index < -0.39 is 19.6 Å². The van der Waals surface area contributed by atoms with Gasteiger partial charge >= 0.3 is 15.9 Å². The molecule has 0 saturated heterocycles. The van der Waals surface area contributed by atoms with Crippen LogP contribution in [0.1, 0.15) is 0 Å². The minimum Gasteiger partial charge on any atom is -0.240 e. The highest BCUT2D eigenvalue weighted by Crippen LogP contribution is 2.27. The molecule has 23 heavy (non-hydrogen) atoms. The molecule has 4 nitrogen and oxygen atoms in total. The predicted octanol–water partition coefficient (Wildman–Crippen LogP) is 2.48. The quantitative estimate of drug-likeness (QED) is 0.476.